The topological polar surface area (TPSA) is 110 Å². The van der Waals surface area contributed by atoms with Gasteiger partial charge in [0.25, 0.3) is 5.69 Å². The third-order valence-corrected chi connectivity index (χ3v) is 6.37. The summed E-state index contributed by atoms with van der Waals surface area (Å²) < 4.78 is 0.736. The van der Waals surface area contributed by atoms with E-state index < -0.39 is 4.92 Å². The van der Waals surface area contributed by atoms with Crippen molar-refractivity contribution in [2.24, 2.45) is 0 Å². The summed E-state index contributed by atoms with van der Waals surface area (Å²) in [6.45, 7) is 1.79. The second-order valence-electron chi connectivity index (χ2n) is 6.41. The van der Waals surface area contributed by atoms with Crippen LogP contribution in [-0.2, 0) is 4.79 Å². The lowest BCUT2D eigenvalue weighted by Crippen LogP contribution is -2.22. The zero-order valence-corrected chi connectivity index (χ0v) is 16.5. The van der Waals surface area contributed by atoms with Gasteiger partial charge in [0, 0.05) is 23.9 Å². The van der Waals surface area contributed by atoms with Crippen LogP contribution in [0, 0.1) is 10.1 Å². The monoisotopic (exact) mass is 407 g/mol. The lowest BCUT2D eigenvalue weighted by atomic mass is 9.96. The number of anilines is 2. The Morgan fingerprint density at radius 2 is 1.96 bits per heavy atom. The van der Waals surface area contributed by atoms with Gasteiger partial charge < -0.3 is 10.6 Å². The fourth-order valence-electron chi connectivity index (χ4n) is 2.85. The Bertz CT molecular complexity index is 790. The number of nitro benzene ring substituents is 1. The number of amides is 1. The zero-order valence-electron chi connectivity index (χ0n) is 14.9. The van der Waals surface area contributed by atoms with Crippen LogP contribution in [0.2, 0.25) is 0 Å². The second-order valence-corrected chi connectivity index (χ2v) is 8.97. The second kappa shape index (κ2) is 9.14. The van der Waals surface area contributed by atoms with Gasteiger partial charge in [0.15, 0.2) is 4.34 Å². The van der Waals surface area contributed by atoms with Crippen molar-refractivity contribution < 1.29 is 9.72 Å². The lowest BCUT2D eigenvalue weighted by molar-refractivity contribution is -0.384. The highest BCUT2D eigenvalue weighted by atomic mass is 32.2. The predicted molar refractivity (Wildman–Crippen MR) is 107 cm³/mol. The number of aromatic nitrogens is 2. The average molecular weight is 408 g/mol. The van der Waals surface area contributed by atoms with Crippen LogP contribution >= 0.6 is 23.1 Å². The van der Waals surface area contributed by atoms with Gasteiger partial charge in [-0.2, -0.15) is 0 Å². The first-order valence-corrected chi connectivity index (χ1v) is 10.5. The Labute approximate surface area is 165 Å². The number of hydrogen-bond donors (Lipinski definition) is 2. The van der Waals surface area contributed by atoms with Crippen LogP contribution in [0.25, 0.3) is 0 Å². The van der Waals surface area contributed by atoms with Crippen molar-refractivity contribution in [3.05, 3.63) is 34.4 Å². The van der Waals surface area contributed by atoms with Gasteiger partial charge in [0.05, 0.1) is 10.2 Å². The van der Waals surface area contributed by atoms with Crippen LogP contribution in [0.4, 0.5) is 16.5 Å². The minimum absolute atomic E-state index is 0.0118. The maximum atomic E-state index is 12.3. The summed E-state index contributed by atoms with van der Waals surface area (Å²) in [5.74, 6) is -0.189. The summed E-state index contributed by atoms with van der Waals surface area (Å²) in [5, 5.41) is 25.6. The number of nitrogens with zero attached hydrogens (tertiary/aromatic N) is 3. The molecule has 0 aliphatic heterocycles. The quantitative estimate of drug-likeness (QED) is 0.400. The van der Waals surface area contributed by atoms with Crippen molar-refractivity contribution >= 4 is 45.5 Å². The molecule has 1 unspecified atom stereocenters. The normalized spacial score (nSPS) is 15.9. The SMILES string of the molecule is CC(Sc1nnc(NC2CCCCC2)s1)C(=O)Nc1ccc([N+](=O)[O-])cc1. The maximum Gasteiger partial charge on any atom is 0.269 e. The standard InChI is InChI=1S/C17H21N5O3S2/c1-11(15(23)18-13-7-9-14(10-8-13)22(24)25)26-17-21-20-16(27-17)19-12-5-3-2-4-6-12/h7-12H,2-6H2,1H3,(H,18,23)(H,19,20). The van der Waals surface area contributed by atoms with Crippen LogP contribution < -0.4 is 10.6 Å². The molecule has 10 heteroatoms. The molecule has 1 heterocycles. The fourth-order valence-corrected chi connectivity index (χ4v) is 4.83. The molecule has 0 bridgehead atoms. The van der Waals surface area contributed by atoms with Gasteiger partial charge in [-0.25, -0.2) is 0 Å². The van der Waals surface area contributed by atoms with Crippen molar-refractivity contribution in [3.63, 3.8) is 0 Å². The van der Waals surface area contributed by atoms with Crippen LogP contribution in [-0.4, -0.2) is 32.3 Å². The highest BCUT2D eigenvalue weighted by molar-refractivity contribution is 8.02. The Kier molecular flexibility index (Phi) is 6.62. The maximum absolute atomic E-state index is 12.3. The van der Waals surface area contributed by atoms with Gasteiger partial charge in [-0.3, -0.25) is 14.9 Å². The number of non-ortho nitro benzene ring substituents is 1. The molecule has 2 aromatic rings. The van der Waals surface area contributed by atoms with Crippen molar-refractivity contribution in [3.8, 4) is 0 Å². The Morgan fingerprint density at radius 3 is 2.63 bits per heavy atom. The smallest absolute Gasteiger partial charge is 0.269 e. The van der Waals surface area contributed by atoms with Crippen molar-refractivity contribution in [2.75, 3.05) is 10.6 Å². The van der Waals surface area contributed by atoms with Gasteiger partial charge in [0.1, 0.15) is 0 Å². The molecule has 1 aliphatic rings. The van der Waals surface area contributed by atoms with E-state index in [1.807, 2.05) is 0 Å². The summed E-state index contributed by atoms with van der Waals surface area (Å²) in [4.78, 5) is 22.5. The van der Waals surface area contributed by atoms with E-state index in [0.29, 0.717) is 11.7 Å². The number of nitro groups is 1. The van der Waals surface area contributed by atoms with Gasteiger partial charge in [-0.15, -0.1) is 10.2 Å². The van der Waals surface area contributed by atoms with Crippen LogP contribution in [0.15, 0.2) is 28.6 Å². The van der Waals surface area contributed by atoms with Crippen LogP contribution in [0.3, 0.4) is 0 Å². The van der Waals surface area contributed by atoms with Gasteiger partial charge in [0.2, 0.25) is 11.0 Å². The number of carbonyl (C=O) groups excluding carboxylic acids is 1. The first-order chi connectivity index (χ1) is 13.0. The average Bonchev–Trinajstić information content (AvgIpc) is 3.09. The van der Waals surface area contributed by atoms with Gasteiger partial charge in [-0.1, -0.05) is 42.4 Å². The van der Waals surface area contributed by atoms with Gasteiger partial charge >= 0.3 is 0 Å². The fraction of sp³-hybridized carbons (Fsp3) is 0.471. The first kappa shape index (κ1) is 19.6. The molecule has 1 aromatic heterocycles. The first-order valence-electron chi connectivity index (χ1n) is 8.83. The van der Waals surface area contributed by atoms with E-state index in [1.165, 1.54) is 66.6 Å². The largest absolute Gasteiger partial charge is 0.357 e. The lowest BCUT2D eigenvalue weighted by Gasteiger charge is -2.21. The van der Waals surface area contributed by atoms with E-state index in [9.17, 15) is 14.9 Å². The molecule has 1 saturated carbocycles. The number of thioether (sulfide) groups is 1. The van der Waals surface area contributed by atoms with Crippen molar-refractivity contribution in [1.29, 1.82) is 0 Å². The van der Waals surface area contributed by atoms with E-state index in [1.54, 1.807) is 6.92 Å². The minimum Gasteiger partial charge on any atom is -0.357 e. The van der Waals surface area contributed by atoms with E-state index in [-0.39, 0.29) is 16.8 Å². The Balaban J connectivity index is 1.51. The molecule has 1 fully saturated rings. The Morgan fingerprint density at radius 1 is 1.26 bits per heavy atom. The highest BCUT2D eigenvalue weighted by Crippen LogP contribution is 2.31. The molecular weight excluding hydrogens is 386 g/mol. The summed E-state index contributed by atoms with van der Waals surface area (Å²) >= 11 is 2.80. The molecule has 1 atom stereocenters. The third-order valence-electron chi connectivity index (χ3n) is 4.33. The summed E-state index contributed by atoms with van der Waals surface area (Å²) in [6, 6.07) is 6.23. The third kappa shape index (κ3) is 5.64. The summed E-state index contributed by atoms with van der Waals surface area (Å²) in [7, 11) is 0. The zero-order chi connectivity index (χ0) is 19.2. The Hall–Kier alpha value is -2.20. The molecule has 0 radical (unpaired) electrons. The molecule has 1 amide bonds. The van der Waals surface area contributed by atoms with Crippen LogP contribution in [0.1, 0.15) is 39.0 Å². The molecule has 3 rings (SSSR count). The van der Waals surface area contributed by atoms with E-state index in [4.69, 9.17) is 0 Å². The molecule has 1 aromatic carbocycles. The number of nitrogens with one attached hydrogen (secondary N) is 2. The van der Waals surface area contributed by atoms with Crippen molar-refractivity contribution in [2.45, 2.75) is 54.7 Å². The van der Waals surface area contributed by atoms with E-state index in [2.05, 4.69) is 20.8 Å². The van der Waals surface area contributed by atoms with Gasteiger partial charge in [-0.05, 0) is 31.9 Å². The van der Waals surface area contributed by atoms with E-state index in [0.717, 1.165) is 22.3 Å². The molecule has 0 saturated heterocycles. The molecule has 27 heavy (non-hydrogen) atoms. The molecular formula is C17H21N5O3S2. The van der Waals surface area contributed by atoms with Crippen LogP contribution in [0.5, 0.6) is 0 Å². The summed E-state index contributed by atoms with van der Waals surface area (Å²) in [6.07, 6.45) is 6.12. The molecule has 2 N–H and O–H groups in total. The molecule has 0 spiro atoms. The van der Waals surface area contributed by atoms with E-state index >= 15 is 0 Å². The molecule has 8 nitrogen and oxygen atoms in total. The van der Waals surface area contributed by atoms with Crippen molar-refractivity contribution in [1.82, 2.24) is 10.2 Å². The molecule has 144 valence electrons. The predicted octanol–water partition coefficient (Wildman–Crippen LogP) is 4.31. The number of carbonyl (C=O) groups is 1. The highest BCUT2D eigenvalue weighted by Gasteiger charge is 2.19. The number of rotatable bonds is 7. The number of benzene rings is 1. The number of hydrogen-bond acceptors (Lipinski definition) is 8. The summed E-state index contributed by atoms with van der Waals surface area (Å²) in [5.41, 5.74) is 0.511. The molecule has 1 aliphatic carbocycles. The minimum atomic E-state index is -0.474.